The highest BCUT2D eigenvalue weighted by molar-refractivity contribution is 5.98. The molecule has 0 radical (unpaired) electrons. The van der Waals surface area contributed by atoms with Crippen LogP contribution in [0.4, 0.5) is 0 Å². The smallest absolute Gasteiger partial charge is 0.331 e. The number of ketones is 1. The molecule has 0 N–H and O–H groups in total. The van der Waals surface area contributed by atoms with E-state index in [-0.39, 0.29) is 12.4 Å². The summed E-state index contributed by atoms with van der Waals surface area (Å²) in [5, 5.41) is 0. The Morgan fingerprint density at radius 3 is 2.56 bits per heavy atom. The lowest BCUT2D eigenvalue weighted by Crippen LogP contribution is -2.12. The molecule has 0 aliphatic carbocycles. The Hall–Kier alpha value is -3.08. The summed E-state index contributed by atoms with van der Waals surface area (Å²) in [6.07, 6.45) is 3.74. The number of hydrogen-bond donors (Lipinski definition) is 0. The van der Waals surface area contributed by atoms with Crippen molar-refractivity contribution in [3.63, 3.8) is 0 Å². The molecule has 5 heteroatoms. The predicted octanol–water partition coefficient (Wildman–Crippen LogP) is 3.29. The number of carbonyl (C=O) groups is 2. The van der Waals surface area contributed by atoms with Crippen LogP contribution >= 0.6 is 0 Å². The Morgan fingerprint density at radius 1 is 1.00 bits per heavy atom. The molecule has 0 aromatic heterocycles. The third-order valence-electron chi connectivity index (χ3n) is 3.62. The first-order chi connectivity index (χ1) is 12.2. The van der Waals surface area contributed by atoms with Crippen LogP contribution < -0.4 is 9.47 Å². The molecule has 3 rings (SSSR count). The van der Waals surface area contributed by atoms with E-state index in [0.717, 1.165) is 12.0 Å². The fourth-order valence-electron chi connectivity index (χ4n) is 2.34. The fraction of sp³-hybridized carbons (Fsp3) is 0.200. The highest BCUT2D eigenvalue weighted by Gasteiger charge is 2.10. The first-order valence-electron chi connectivity index (χ1n) is 8.05. The molecule has 2 aromatic rings. The van der Waals surface area contributed by atoms with Crippen LogP contribution in [0.2, 0.25) is 0 Å². The van der Waals surface area contributed by atoms with Gasteiger partial charge in [0.1, 0.15) is 0 Å². The van der Waals surface area contributed by atoms with Crippen molar-refractivity contribution in [2.24, 2.45) is 0 Å². The average Bonchev–Trinajstić information content (AvgIpc) is 2.90. The number of ether oxygens (including phenoxy) is 3. The molecule has 0 spiro atoms. The van der Waals surface area contributed by atoms with Crippen molar-refractivity contribution in [3.05, 3.63) is 65.7 Å². The summed E-state index contributed by atoms with van der Waals surface area (Å²) in [6, 6.07) is 14.2. The molecule has 0 unspecified atom stereocenters. The summed E-state index contributed by atoms with van der Waals surface area (Å²) < 4.78 is 16.1. The molecule has 0 saturated heterocycles. The number of carbonyl (C=O) groups excluding carboxylic acids is 2. The van der Waals surface area contributed by atoms with Crippen molar-refractivity contribution >= 4 is 17.8 Å². The van der Waals surface area contributed by atoms with E-state index in [9.17, 15) is 9.59 Å². The summed E-state index contributed by atoms with van der Waals surface area (Å²) in [5.41, 5.74) is 1.30. The maximum Gasteiger partial charge on any atom is 0.331 e. The van der Waals surface area contributed by atoms with Crippen molar-refractivity contribution in [1.82, 2.24) is 0 Å². The molecule has 0 atom stereocenters. The number of esters is 1. The Morgan fingerprint density at radius 2 is 1.76 bits per heavy atom. The van der Waals surface area contributed by atoms with Crippen molar-refractivity contribution in [1.29, 1.82) is 0 Å². The van der Waals surface area contributed by atoms with Gasteiger partial charge in [-0.25, -0.2) is 4.79 Å². The lowest BCUT2D eigenvalue weighted by atomic mass is 10.1. The van der Waals surface area contributed by atoms with E-state index in [1.54, 1.807) is 36.4 Å². The molecular weight excluding hydrogens is 320 g/mol. The largest absolute Gasteiger partial charge is 0.490 e. The van der Waals surface area contributed by atoms with E-state index in [2.05, 4.69) is 0 Å². The summed E-state index contributed by atoms with van der Waals surface area (Å²) in [7, 11) is 0. The summed E-state index contributed by atoms with van der Waals surface area (Å²) in [4.78, 5) is 23.7. The molecule has 1 aliphatic rings. The van der Waals surface area contributed by atoms with Gasteiger partial charge in [0.25, 0.3) is 0 Å². The van der Waals surface area contributed by atoms with Gasteiger partial charge in [0.05, 0.1) is 13.2 Å². The molecular formula is C20H18O5. The van der Waals surface area contributed by atoms with Crippen molar-refractivity contribution < 1.29 is 23.8 Å². The van der Waals surface area contributed by atoms with E-state index in [0.29, 0.717) is 30.3 Å². The van der Waals surface area contributed by atoms with Gasteiger partial charge in [-0.3, -0.25) is 4.79 Å². The molecule has 0 saturated carbocycles. The Labute approximate surface area is 145 Å². The van der Waals surface area contributed by atoms with Crippen molar-refractivity contribution in [2.75, 3.05) is 19.8 Å². The molecule has 0 amide bonds. The fourth-order valence-corrected chi connectivity index (χ4v) is 2.34. The van der Waals surface area contributed by atoms with Crippen molar-refractivity contribution in [2.45, 2.75) is 6.42 Å². The first kappa shape index (κ1) is 16.8. The van der Waals surface area contributed by atoms with E-state index in [4.69, 9.17) is 14.2 Å². The van der Waals surface area contributed by atoms with Gasteiger partial charge in [-0.05, 0) is 23.8 Å². The predicted molar refractivity (Wildman–Crippen MR) is 92.8 cm³/mol. The lowest BCUT2D eigenvalue weighted by molar-refractivity contribution is -0.136. The molecule has 0 fully saturated rings. The standard InChI is InChI=1S/C20H18O5/c21-17(16-5-2-1-3-6-16)14-25-20(22)10-8-15-7-9-18-19(13-15)24-12-4-11-23-18/h1-3,5-10,13H,4,11-12,14H2/b10-8+. The molecule has 2 aromatic carbocycles. The second-order valence-electron chi connectivity index (χ2n) is 5.49. The van der Waals surface area contributed by atoms with Crippen molar-refractivity contribution in [3.8, 4) is 11.5 Å². The summed E-state index contributed by atoms with van der Waals surface area (Å²) >= 11 is 0. The Bertz CT molecular complexity index is 780. The maximum absolute atomic E-state index is 11.9. The third-order valence-corrected chi connectivity index (χ3v) is 3.62. The van der Waals surface area contributed by atoms with E-state index >= 15 is 0 Å². The second-order valence-corrected chi connectivity index (χ2v) is 5.49. The third kappa shape index (κ3) is 4.70. The molecule has 1 aliphatic heterocycles. The van der Waals surface area contributed by atoms with Gasteiger partial charge < -0.3 is 14.2 Å². The Balaban J connectivity index is 1.56. The maximum atomic E-state index is 11.9. The van der Waals surface area contributed by atoms with Gasteiger partial charge in [0.15, 0.2) is 23.9 Å². The van der Waals surface area contributed by atoms with Crippen LogP contribution in [0.1, 0.15) is 22.3 Å². The minimum atomic E-state index is -0.573. The number of Topliss-reactive ketones (excluding diaryl/α,β-unsaturated/α-hetero) is 1. The molecule has 1 heterocycles. The normalized spacial score (nSPS) is 13.3. The topological polar surface area (TPSA) is 61.8 Å². The molecule has 25 heavy (non-hydrogen) atoms. The molecule has 0 bridgehead atoms. The van der Waals surface area contributed by atoms with Crippen LogP contribution in [0.15, 0.2) is 54.6 Å². The zero-order chi connectivity index (χ0) is 17.5. The number of hydrogen-bond acceptors (Lipinski definition) is 5. The highest BCUT2D eigenvalue weighted by atomic mass is 16.5. The number of benzene rings is 2. The average molecular weight is 338 g/mol. The summed E-state index contributed by atoms with van der Waals surface area (Å²) in [5.74, 6) is 0.548. The summed E-state index contributed by atoms with van der Waals surface area (Å²) in [6.45, 7) is 0.947. The first-order valence-corrected chi connectivity index (χ1v) is 8.05. The number of rotatable bonds is 5. The molecule has 5 nitrogen and oxygen atoms in total. The van der Waals surface area contributed by atoms with E-state index in [1.807, 2.05) is 18.2 Å². The van der Waals surface area contributed by atoms with Gasteiger partial charge in [0, 0.05) is 18.1 Å². The van der Waals surface area contributed by atoms with Crippen LogP contribution in [0.5, 0.6) is 11.5 Å². The zero-order valence-electron chi connectivity index (χ0n) is 13.6. The Kier molecular flexibility index (Phi) is 5.46. The van der Waals surface area contributed by atoms with Crippen LogP contribution in [0, 0.1) is 0 Å². The van der Waals surface area contributed by atoms with E-state index in [1.165, 1.54) is 6.08 Å². The van der Waals surface area contributed by atoms with Gasteiger partial charge in [-0.1, -0.05) is 36.4 Å². The molecule has 128 valence electrons. The van der Waals surface area contributed by atoms with Gasteiger partial charge >= 0.3 is 5.97 Å². The highest BCUT2D eigenvalue weighted by Crippen LogP contribution is 2.30. The van der Waals surface area contributed by atoms with Gasteiger partial charge in [0.2, 0.25) is 0 Å². The van der Waals surface area contributed by atoms with Crippen LogP contribution in [0.25, 0.3) is 6.08 Å². The zero-order valence-corrected chi connectivity index (χ0v) is 13.6. The minimum Gasteiger partial charge on any atom is -0.490 e. The van der Waals surface area contributed by atoms with Gasteiger partial charge in [-0.15, -0.1) is 0 Å². The minimum absolute atomic E-state index is 0.238. The SMILES string of the molecule is O=C(/C=C/c1ccc2c(c1)OCCCO2)OCC(=O)c1ccccc1. The second kappa shape index (κ2) is 8.15. The van der Waals surface area contributed by atoms with Crippen LogP contribution in [-0.2, 0) is 9.53 Å². The lowest BCUT2D eigenvalue weighted by Gasteiger charge is -2.07. The van der Waals surface area contributed by atoms with Crippen LogP contribution in [-0.4, -0.2) is 31.6 Å². The quantitative estimate of drug-likeness (QED) is 0.476. The number of fused-ring (bicyclic) bond motifs is 1. The van der Waals surface area contributed by atoms with Gasteiger partial charge in [-0.2, -0.15) is 0 Å². The monoisotopic (exact) mass is 338 g/mol. The van der Waals surface area contributed by atoms with E-state index < -0.39 is 5.97 Å². The van der Waals surface area contributed by atoms with Crippen LogP contribution in [0.3, 0.4) is 0 Å².